The van der Waals surface area contributed by atoms with E-state index < -0.39 is 118 Å². The van der Waals surface area contributed by atoms with Crippen molar-refractivity contribution in [3.63, 3.8) is 0 Å². The van der Waals surface area contributed by atoms with Crippen molar-refractivity contribution >= 4 is 46.1 Å². The lowest BCUT2D eigenvalue weighted by Gasteiger charge is -2.67. The smallest absolute Gasteiger partial charge is 0.456 e. The van der Waals surface area contributed by atoms with Gasteiger partial charge in [0, 0.05) is 37.6 Å². The molecular weight excluding hydrogens is 837 g/mol. The number of likely N-dealkylation sites (N-methyl/N-ethyl adjacent to an activating group) is 1. The maximum absolute atomic E-state index is 15.2. The molecule has 2 saturated carbocycles. The summed E-state index contributed by atoms with van der Waals surface area (Å²) in [6.45, 7) is 8.13. The van der Waals surface area contributed by atoms with E-state index in [1.54, 1.807) is 30.1 Å². The van der Waals surface area contributed by atoms with Crippen LogP contribution in [0.2, 0.25) is 0 Å². The van der Waals surface area contributed by atoms with E-state index in [9.17, 15) is 49.7 Å². The van der Waals surface area contributed by atoms with E-state index in [1.165, 1.54) is 53.7 Å². The Morgan fingerprint density at radius 2 is 1.81 bits per heavy atom. The molecular formula is C41H52N4O16S. The minimum atomic E-state index is -2.39. The number of aliphatic hydroxyl groups is 4. The van der Waals surface area contributed by atoms with Gasteiger partial charge in [-0.15, -0.1) is 0 Å². The van der Waals surface area contributed by atoms with Gasteiger partial charge in [-0.2, -0.15) is 0 Å². The zero-order valence-corrected chi connectivity index (χ0v) is 36.1. The molecule has 1 saturated heterocycles. The Hall–Kier alpha value is -4.90. The van der Waals surface area contributed by atoms with Crippen molar-refractivity contribution in [3.05, 3.63) is 68.4 Å². The van der Waals surface area contributed by atoms with Crippen molar-refractivity contribution in [2.45, 2.75) is 115 Å². The normalized spacial score (nSPS) is 32.1. The Kier molecular flexibility index (Phi) is 13.0. The summed E-state index contributed by atoms with van der Waals surface area (Å²) in [5.41, 5.74) is -8.14. The topological polar surface area (TPSA) is 284 Å². The van der Waals surface area contributed by atoms with Crippen LogP contribution in [0.5, 0.6) is 0 Å². The van der Waals surface area contributed by atoms with E-state index in [0.717, 1.165) is 17.5 Å². The van der Waals surface area contributed by atoms with Crippen molar-refractivity contribution in [1.29, 1.82) is 0 Å². The zero-order valence-electron chi connectivity index (χ0n) is 35.3. The van der Waals surface area contributed by atoms with Crippen molar-refractivity contribution in [1.82, 2.24) is 15.2 Å². The minimum Gasteiger partial charge on any atom is -0.456 e. The van der Waals surface area contributed by atoms with Gasteiger partial charge in [-0.05, 0) is 62.4 Å². The summed E-state index contributed by atoms with van der Waals surface area (Å²) in [6.07, 6.45) is -10.8. The largest absolute Gasteiger partial charge is 0.508 e. The van der Waals surface area contributed by atoms with Gasteiger partial charge in [0.05, 0.1) is 41.2 Å². The third kappa shape index (κ3) is 8.22. The molecule has 20 nitrogen and oxygen atoms in total. The van der Waals surface area contributed by atoms with Gasteiger partial charge in [0.25, 0.3) is 0 Å². The lowest BCUT2D eigenvalue weighted by Crippen LogP contribution is -2.81. The van der Waals surface area contributed by atoms with Gasteiger partial charge in [-0.3, -0.25) is 24.6 Å². The van der Waals surface area contributed by atoms with Crippen molar-refractivity contribution in [3.8, 4) is 0 Å². The number of Topliss-reactive ketones (excluding diaryl/α,β-unsaturated/α-hetero) is 1. The number of thiazole rings is 1. The van der Waals surface area contributed by atoms with Crippen molar-refractivity contribution < 1.29 is 73.0 Å². The highest BCUT2D eigenvalue weighted by molar-refractivity contribution is 7.14. The van der Waals surface area contributed by atoms with Crippen LogP contribution < -0.4 is 5.32 Å². The molecule has 6 rings (SSSR count). The first-order chi connectivity index (χ1) is 29.0. The first kappa shape index (κ1) is 46.6. The molecule has 4 aliphatic rings. The van der Waals surface area contributed by atoms with E-state index in [-0.39, 0.29) is 47.8 Å². The molecule has 1 aromatic carbocycles. The van der Waals surface area contributed by atoms with Crippen LogP contribution in [0.3, 0.4) is 0 Å². The molecule has 338 valence electrons. The molecule has 0 radical (unpaired) electrons. The first-order valence-corrected chi connectivity index (χ1v) is 20.8. The Labute approximate surface area is 360 Å². The number of carbonyl (C=O) groups is 5. The van der Waals surface area contributed by atoms with Gasteiger partial charge in [0.1, 0.15) is 53.4 Å². The molecule has 3 aliphatic carbocycles. The highest BCUT2D eigenvalue weighted by Crippen LogP contribution is 2.63. The predicted molar refractivity (Wildman–Crippen MR) is 214 cm³/mol. The number of esters is 2. The fraction of sp³-hybridized carbons (Fsp3) is 0.610. The summed E-state index contributed by atoms with van der Waals surface area (Å²) in [6, 6.07) is 6.63. The highest BCUT2D eigenvalue weighted by atomic mass is 32.1. The number of rotatable bonds is 13. The van der Waals surface area contributed by atoms with Crippen LogP contribution in [0.25, 0.3) is 0 Å². The van der Waals surface area contributed by atoms with E-state index in [2.05, 4.69) is 10.3 Å². The van der Waals surface area contributed by atoms with Crippen LogP contribution >= 0.6 is 11.3 Å². The maximum Gasteiger partial charge on any atom is 0.508 e. The SMILES string of the molecule is CC(=O)N[C@@H](C)C(O)C(=O)OC1CC2(O)C(OC(=O)c3ccccc3)C3C4(O)COC4CC(OC(=O)OCCN(C)Cc4ncc([N+](=O)[O-])s4)[C@@]3(C)C(=O)C(O)C(=C1C)C2(C)C. The van der Waals surface area contributed by atoms with Crippen molar-refractivity contribution in [2.75, 3.05) is 26.8 Å². The number of hydrogen-bond acceptors (Lipinski definition) is 19. The van der Waals surface area contributed by atoms with Crippen LogP contribution in [-0.2, 0) is 44.6 Å². The summed E-state index contributed by atoms with van der Waals surface area (Å²) in [4.78, 5) is 84.2. The molecule has 2 heterocycles. The number of nitro groups is 1. The zero-order chi connectivity index (χ0) is 45.7. The first-order valence-electron chi connectivity index (χ1n) is 20.0. The van der Waals surface area contributed by atoms with E-state index in [0.29, 0.717) is 5.01 Å². The summed E-state index contributed by atoms with van der Waals surface area (Å²) in [5.74, 6) is -5.33. The third-order valence-electron chi connectivity index (χ3n) is 13.0. The van der Waals surface area contributed by atoms with Crippen LogP contribution in [-0.4, -0.2) is 146 Å². The molecule has 5 N–H and O–H groups in total. The molecule has 2 aromatic rings. The fourth-order valence-electron chi connectivity index (χ4n) is 9.54. The Morgan fingerprint density at radius 1 is 1.13 bits per heavy atom. The number of ether oxygens (including phenoxy) is 5. The molecule has 1 aliphatic heterocycles. The molecule has 21 heteroatoms. The second kappa shape index (κ2) is 17.3. The minimum absolute atomic E-state index is 0.0449. The van der Waals surface area contributed by atoms with E-state index in [1.807, 2.05) is 0 Å². The van der Waals surface area contributed by atoms with E-state index in [4.69, 9.17) is 23.7 Å². The maximum atomic E-state index is 15.2. The quantitative estimate of drug-likeness (QED) is 0.0628. The highest BCUT2D eigenvalue weighted by Gasteiger charge is 2.77. The molecule has 11 atom stereocenters. The standard InChI is InChI=1S/C41H52N4O16S/c1-20-24(59-36(51)30(47)21(2)43-22(3)46)16-41(54)34(61-35(50)23-11-9-8-10-12-23)32-39(6,33(49)31(48)29(20)38(41,4)5)25(15-26-40(32,53)19-58-26)60-37(52)57-14-13-44(7)18-27-42-17-28(62-27)45(55)56/h8-12,17,21,24-26,30-32,34,47-48,53-54H,13-16,18-19H2,1-7H3,(H,43,46)/t21-,24?,25?,26?,30?,31?,32?,34?,39+,40?,41?/m0/s1. The molecule has 3 fully saturated rings. The molecule has 0 spiro atoms. The van der Waals surface area contributed by atoms with Crippen LogP contribution in [0.4, 0.5) is 9.80 Å². The molecule has 1 amide bonds. The van der Waals surface area contributed by atoms with Gasteiger partial charge in [-0.25, -0.2) is 19.4 Å². The van der Waals surface area contributed by atoms with Crippen LogP contribution in [0, 0.1) is 26.9 Å². The Morgan fingerprint density at radius 3 is 2.40 bits per heavy atom. The number of aromatic nitrogens is 1. The van der Waals surface area contributed by atoms with Gasteiger partial charge < -0.3 is 49.4 Å². The second-order valence-electron chi connectivity index (χ2n) is 17.2. The lowest BCUT2D eigenvalue weighted by atomic mass is 9.44. The fourth-order valence-corrected chi connectivity index (χ4v) is 10.4. The van der Waals surface area contributed by atoms with E-state index >= 15 is 4.79 Å². The Bertz CT molecular complexity index is 2130. The monoisotopic (exact) mass is 888 g/mol. The lowest BCUT2D eigenvalue weighted by molar-refractivity contribution is -0.380. The number of ketones is 1. The van der Waals surface area contributed by atoms with Gasteiger partial charge in [0.15, 0.2) is 11.9 Å². The summed E-state index contributed by atoms with van der Waals surface area (Å²) in [5, 5.41) is 62.8. The van der Waals surface area contributed by atoms with Crippen LogP contribution in [0.15, 0.2) is 47.7 Å². The van der Waals surface area contributed by atoms with Gasteiger partial charge in [0.2, 0.25) is 5.91 Å². The molecule has 9 unspecified atom stereocenters. The van der Waals surface area contributed by atoms with Crippen molar-refractivity contribution in [2.24, 2.45) is 16.7 Å². The number of carbonyl (C=O) groups excluding carboxylic acids is 5. The summed E-state index contributed by atoms with van der Waals surface area (Å²) in [7, 11) is 1.68. The third-order valence-corrected chi connectivity index (χ3v) is 14.0. The number of fused-ring (bicyclic) bond motifs is 5. The number of aliphatic hydroxyl groups excluding tert-OH is 2. The number of benzene rings is 1. The summed E-state index contributed by atoms with van der Waals surface area (Å²) >= 11 is 0.900. The number of nitrogens with one attached hydrogen (secondary N) is 1. The van der Waals surface area contributed by atoms with Gasteiger partial charge in [-0.1, -0.05) is 32.0 Å². The summed E-state index contributed by atoms with van der Waals surface area (Å²) < 4.78 is 29.1. The average Bonchev–Trinajstić information content (AvgIpc) is 3.67. The average molecular weight is 889 g/mol. The number of nitrogens with zero attached hydrogens (tertiary/aromatic N) is 3. The number of amides is 1. The van der Waals surface area contributed by atoms with Crippen LogP contribution in [0.1, 0.15) is 69.7 Å². The molecule has 62 heavy (non-hydrogen) atoms. The number of hydrogen-bond donors (Lipinski definition) is 5. The molecule has 1 aromatic heterocycles. The van der Waals surface area contributed by atoms with Gasteiger partial charge >= 0.3 is 23.1 Å². The second-order valence-corrected chi connectivity index (χ2v) is 18.3. The Balaban J connectivity index is 1.38. The molecule has 2 bridgehead atoms. The predicted octanol–water partition coefficient (Wildman–Crippen LogP) is 1.61.